The Morgan fingerprint density at radius 3 is 2.44 bits per heavy atom. The molecule has 0 bridgehead atoms. The molecule has 1 N–H and O–H groups in total. The van der Waals surface area contributed by atoms with Gasteiger partial charge < -0.3 is 9.84 Å². The van der Waals surface area contributed by atoms with E-state index < -0.39 is 0 Å². The predicted octanol–water partition coefficient (Wildman–Crippen LogP) is 3.53. The minimum atomic E-state index is -0.0339. The van der Waals surface area contributed by atoms with Gasteiger partial charge in [-0.1, -0.05) is 23.7 Å². The fraction of sp³-hybridized carbons (Fsp3) is 0.0714. The summed E-state index contributed by atoms with van der Waals surface area (Å²) in [6.45, 7) is 0. The number of aldehydes is 1. The molecule has 2 rings (SSSR count). The van der Waals surface area contributed by atoms with Crippen LogP contribution in [0.25, 0.3) is 11.1 Å². The molecule has 92 valence electrons. The predicted molar refractivity (Wildman–Crippen MR) is 70.5 cm³/mol. The SMILES string of the molecule is COc1ccc(-c2ccc(O)c(C=O)c2)cc1Cl. The Labute approximate surface area is 110 Å². The fourth-order valence-electron chi connectivity index (χ4n) is 1.67. The van der Waals surface area contributed by atoms with Gasteiger partial charge in [0.05, 0.1) is 17.7 Å². The van der Waals surface area contributed by atoms with Gasteiger partial charge in [-0.3, -0.25) is 4.79 Å². The van der Waals surface area contributed by atoms with Crippen LogP contribution in [-0.4, -0.2) is 18.5 Å². The molecule has 0 amide bonds. The third-order valence-corrected chi connectivity index (χ3v) is 2.93. The Kier molecular flexibility index (Phi) is 3.53. The van der Waals surface area contributed by atoms with Crippen molar-refractivity contribution in [1.29, 1.82) is 0 Å². The average Bonchev–Trinajstić information content (AvgIpc) is 2.39. The van der Waals surface area contributed by atoms with Gasteiger partial charge in [-0.2, -0.15) is 0 Å². The van der Waals surface area contributed by atoms with Gasteiger partial charge in [0, 0.05) is 0 Å². The van der Waals surface area contributed by atoms with Crippen molar-refractivity contribution in [3.05, 3.63) is 47.0 Å². The summed E-state index contributed by atoms with van der Waals surface area (Å²) in [5.41, 5.74) is 1.91. The lowest BCUT2D eigenvalue weighted by atomic mass is 10.0. The molecule has 0 fully saturated rings. The Hall–Kier alpha value is -2.00. The number of phenols is 1. The lowest BCUT2D eigenvalue weighted by Gasteiger charge is -2.07. The number of rotatable bonds is 3. The van der Waals surface area contributed by atoms with Gasteiger partial charge in [-0.25, -0.2) is 0 Å². The number of benzene rings is 2. The van der Waals surface area contributed by atoms with Gasteiger partial charge in [-0.15, -0.1) is 0 Å². The third-order valence-electron chi connectivity index (χ3n) is 2.64. The largest absolute Gasteiger partial charge is 0.507 e. The highest BCUT2D eigenvalue weighted by Gasteiger charge is 2.06. The molecule has 0 aliphatic carbocycles. The molecule has 0 unspecified atom stereocenters. The molecule has 0 aliphatic rings. The van der Waals surface area contributed by atoms with E-state index in [-0.39, 0.29) is 11.3 Å². The Bertz CT molecular complexity index is 594. The van der Waals surface area contributed by atoms with Crippen molar-refractivity contribution in [2.24, 2.45) is 0 Å². The molecule has 0 spiro atoms. The highest BCUT2D eigenvalue weighted by molar-refractivity contribution is 6.32. The summed E-state index contributed by atoms with van der Waals surface area (Å²) < 4.78 is 5.07. The van der Waals surface area contributed by atoms with Crippen molar-refractivity contribution in [2.45, 2.75) is 0 Å². The van der Waals surface area contributed by atoms with E-state index in [9.17, 15) is 9.90 Å². The van der Waals surface area contributed by atoms with E-state index in [1.54, 1.807) is 31.4 Å². The van der Waals surface area contributed by atoms with Crippen molar-refractivity contribution < 1.29 is 14.6 Å². The maximum Gasteiger partial charge on any atom is 0.153 e. The molecule has 0 aromatic heterocycles. The molecule has 0 saturated heterocycles. The normalized spacial score (nSPS) is 10.1. The van der Waals surface area contributed by atoms with Crippen LogP contribution in [0.1, 0.15) is 10.4 Å². The van der Waals surface area contributed by atoms with Crippen molar-refractivity contribution in [3.8, 4) is 22.6 Å². The summed E-state index contributed by atoms with van der Waals surface area (Å²) in [4.78, 5) is 10.8. The van der Waals surface area contributed by atoms with Gasteiger partial charge >= 0.3 is 0 Å². The second-order valence-electron chi connectivity index (χ2n) is 3.74. The number of hydrogen-bond donors (Lipinski definition) is 1. The van der Waals surface area contributed by atoms with E-state index in [1.807, 2.05) is 6.07 Å². The maximum absolute atomic E-state index is 10.8. The van der Waals surface area contributed by atoms with Crippen molar-refractivity contribution >= 4 is 17.9 Å². The zero-order valence-corrected chi connectivity index (χ0v) is 10.4. The summed E-state index contributed by atoms with van der Waals surface area (Å²) in [7, 11) is 1.55. The van der Waals surface area contributed by atoms with Crippen LogP contribution in [0.2, 0.25) is 5.02 Å². The molecule has 0 atom stereocenters. The standard InChI is InChI=1S/C14H11ClO3/c1-18-14-5-3-10(7-12(14)15)9-2-4-13(17)11(6-9)8-16/h2-8,17H,1H3. The monoisotopic (exact) mass is 262 g/mol. The molecule has 3 nitrogen and oxygen atoms in total. The minimum Gasteiger partial charge on any atom is -0.507 e. The van der Waals surface area contributed by atoms with Crippen LogP contribution in [0.4, 0.5) is 0 Å². The van der Waals surface area contributed by atoms with Crippen LogP contribution in [-0.2, 0) is 0 Å². The molecule has 2 aromatic carbocycles. The number of phenolic OH excluding ortho intramolecular Hbond substituents is 1. The minimum absolute atomic E-state index is 0.0339. The highest BCUT2D eigenvalue weighted by Crippen LogP contribution is 2.31. The number of carbonyl (C=O) groups excluding carboxylic acids is 1. The van der Waals surface area contributed by atoms with Crippen molar-refractivity contribution in [1.82, 2.24) is 0 Å². The average molecular weight is 263 g/mol. The number of carbonyl (C=O) groups is 1. The Morgan fingerprint density at radius 2 is 1.83 bits per heavy atom. The van der Waals surface area contributed by atoms with E-state index in [4.69, 9.17) is 16.3 Å². The Balaban J connectivity index is 2.48. The first-order chi connectivity index (χ1) is 8.65. The van der Waals surface area contributed by atoms with Crippen LogP contribution >= 0.6 is 11.6 Å². The zero-order valence-electron chi connectivity index (χ0n) is 9.68. The lowest BCUT2D eigenvalue weighted by Crippen LogP contribution is -1.87. The Morgan fingerprint density at radius 1 is 1.17 bits per heavy atom. The second-order valence-corrected chi connectivity index (χ2v) is 4.15. The second kappa shape index (κ2) is 5.10. The molecule has 18 heavy (non-hydrogen) atoms. The molecule has 0 radical (unpaired) electrons. The first-order valence-electron chi connectivity index (χ1n) is 5.28. The van der Waals surface area contributed by atoms with Gasteiger partial charge in [-0.05, 0) is 35.4 Å². The number of aromatic hydroxyl groups is 1. The molecule has 2 aromatic rings. The summed E-state index contributed by atoms with van der Waals surface area (Å²) in [5.74, 6) is 0.558. The smallest absolute Gasteiger partial charge is 0.153 e. The molecule has 4 heteroatoms. The molecule has 0 heterocycles. The number of methoxy groups -OCH3 is 1. The summed E-state index contributed by atoms with van der Waals surface area (Å²) in [6, 6.07) is 10.2. The van der Waals surface area contributed by atoms with Crippen LogP contribution in [0.15, 0.2) is 36.4 Å². The van der Waals surface area contributed by atoms with Crippen molar-refractivity contribution in [2.75, 3.05) is 7.11 Å². The fourth-order valence-corrected chi connectivity index (χ4v) is 1.93. The van der Waals surface area contributed by atoms with Gasteiger partial charge in [0.25, 0.3) is 0 Å². The number of halogens is 1. The van der Waals surface area contributed by atoms with Crippen molar-refractivity contribution in [3.63, 3.8) is 0 Å². The molecular formula is C14H11ClO3. The van der Waals surface area contributed by atoms with Gasteiger partial charge in [0.1, 0.15) is 11.5 Å². The van der Waals surface area contributed by atoms with E-state index >= 15 is 0 Å². The summed E-state index contributed by atoms with van der Waals surface area (Å²) in [6.07, 6.45) is 0.615. The molecular weight excluding hydrogens is 252 g/mol. The van der Waals surface area contributed by atoms with E-state index in [0.717, 1.165) is 11.1 Å². The first kappa shape index (κ1) is 12.5. The topological polar surface area (TPSA) is 46.5 Å². The van der Waals surface area contributed by atoms with Crippen LogP contribution < -0.4 is 4.74 Å². The molecule has 0 saturated carbocycles. The number of ether oxygens (including phenoxy) is 1. The van der Waals surface area contributed by atoms with E-state index in [2.05, 4.69) is 0 Å². The highest BCUT2D eigenvalue weighted by atomic mass is 35.5. The van der Waals surface area contributed by atoms with E-state index in [1.165, 1.54) is 6.07 Å². The van der Waals surface area contributed by atoms with E-state index in [0.29, 0.717) is 17.1 Å². The quantitative estimate of drug-likeness (QED) is 0.861. The van der Waals surface area contributed by atoms with Gasteiger partial charge in [0.2, 0.25) is 0 Å². The third kappa shape index (κ3) is 2.31. The maximum atomic E-state index is 10.8. The molecule has 0 aliphatic heterocycles. The van der Waals surface area contributed by atoms with Gasteiger partial charge in [0.15, 0.2) is 6.29 Å². The van der Waals surface area contributed by atoms with Crippen LogP contribution in [0.3, 0.4) is 0 Å². The first-order valence-corrected chi connectivity index (χ1v) is 5.65. The van der Waals surface area contributed by atoms with Crippen LogP contribution in [0.5, 0.6) is 11.5 Å². The summed E-state index contributed by atoms with van der Waals surface area (Å²) in [5, 5.41) is 9.94. The lowest BCUT2D eigenvalue weighted by molar-refractivity contribution is 0.112. The summed E-state index contributed by atoms with van der Waals surface area (Å²) >= 11 is 6.04. The number of hydrogen-bond acceptors (Lipinski definition) is 3. The zero-order chi connectivity index (χ0) is 13.1. The van der Waals surface area contributed by atoms with Crippen LogP contribution in [0, 0.1) is 0 Å².